The van der Waals surface area contributed by atoms with Crippen molar-refractivity contribution < 1.29 is 0 Å². The minimum Gasteiger partial charge on any atom is -0.235 e. The number of benzene rings is 1. The summed E-state index contributed by atoms with van der Waals surface area (Å²) in [6.07, 6.45) is 8.30. The first-order valence-corrected chi connectivity index (χ1v) is 12.5. The molecule has 166 valence electrons. The Morgan fingerprint density at radius 3 is 2.48 bits per heavy atom. The average Bonchev–Trinajstić information content (AvgIpc) is 3.17. The van der Waals surface area contributed by atoms with E-state index in [2.05, 4.69) is 79.1 Å². The van der Waals surface area contributed by atoms with Crippen LogP contribution in [-0.4, -0.2) is 35.8 Å². The van der Waals surface area contributed by atoms with E-state index in [0.717, 1.165) is 40.6 Å². The summed E-state index contributed by atoms with van der Waals surface area (Å²) in [7, 11) is 2.47. The molecule has 1 aromatic heterocycles. The zero-order valence-electron chi connectivity index (χ0n) is 20.6. The standard InChI is InChI=1S/C27H40N4/c1-8-11-16-23-28-17-22-24(29-23)30(7)18-19(4)31(22)21-15-13-12-14-20(21)26(5,9-2)27(6,10-3)25(30)31/h12-15,17,19,25H,8-11,16,18H2,1-7H3/q+2. The topological polar surface area (TPSA) is 25.8 Å². The van der Waals surface area contributed by atoms with Crippen LogP contribution in [0.3, 0.4) is 0 Å². The van der Waals surface area contributed by atoms with Gasteiger partial charge in [-0.15, -0.1) is 0 Å². The van der Waals surface area contributed by atoms with E-state index in [0.29, 0.717) is 12.2 Å². The van der Waals surface area contributed by atoms with Crippen LogP contribution in [0.2, 0.25) is 0 Å². The summed E-state index contributed by atoms with van der Waals surface area (Å²) in [6.45, 7) is 15.8. The molecule has 0 spiro atoms. The largest absolute Gasteiger partial charge is 0.298 e. The minimum absolute atomic E-state index is 0.134. The van der Waals surface area contributed by atoms with Gasteiger partial charge in [0.2, 0.25) is 11.9 Å². The van der Waals surface area contributed by atoms with Gasteiger partial charge in [0.25, 0.3) is 5.82 Å². The Balaban J connectivity index is 1.86. The van der Waals surface area contributed by atoms with Crippen molar-refractivity contribution in [3.8, 4) is 0 Å². The van der Waals surface area contributed by atoms with E-state index in [4.69, 9.17) is 9.97 Å². The van der Waals surface area contributed by atoms with Crippen molar-refractivity contribution in [2.75, 3.05) is 13.6 Å². The third-order valence-corrected chi connectivity index (χ3v) is 9.87. The number of aryl methyl sites for hydroxylation is 1. The minimum atomic E-state index is 0.134. The van der Waals surface area contributed by atoms with Crippen molar-refractivity contribution in [2.24, 2.45) is 5.41 Å². The Labute approximate surface area is 188 Å². The molecule has 3 aliphatic rings. The number of quaternary nitrogens is 2. The number of unbranched alkanes of at least 4 members (excludes halogenated alkanes) is 1. The first kappa shape index (κ1) is 21.1. The summed E-state index contributed by atoms with van der Waals surface area (Å²) in [5.74, 6) is 2.32. The SMILES string of the molecule is CCCCc1ncc2c(n1)[N+]1(C)CC(C)[N+]23c2ccccc2C(C)(CC)C(C)(CC)C13. The van der Waals surface area contributed by atoms with Gasteiger partial charge < -0.3 is 0 Å². The lowest BCUT2D eigenvalue weighted by atomic mass is 9.54. The molecule has 4 heterocycles. The predicted molar refractivity (Wildman–Crippen MR) is 130 cm³/mol. The van der Waals surface area contributed by atoms with Crippen molar-refractivity contribution in [3.63, 3.8) is 0 Å². The summed E-state index contributed by atoms with van der Waals surface area (Å²) in [5.41, 5.74) is 4.69. The molecule has 1 saturated heterocycles. The third kappa shape index (κ3) is 2.19. The Hall–Kier alpha value is -1.78. The van der Waals surface area contributed by atoms with Crippen LogP contribution >= 0.6 is 0 Å². The molecule has 6 atom stereocenters. The van der Waals surface area contributed by atoms with Crippen LogP contribution in [0.15, 0.2) is 30.5 Å². The van der Waals surface area contributed by atoms with Crippen LogP contribution in [0.1, 0.15) is 78.6 Å². The van der Waals surface area contributed by atoms with Gasteiger partial charge in [0.05, 0.1) is 18.7 Å². The van der Waals surface area contributed by atoms with Gasteiger partial charge in [0.15, 0.2) is 6.04 Å². The maximum absolute atomic E-state index is 5.29. The first-order chi connectivity index (χ1) is 14.8. The van der Waals surface area contributed by atoms with Crippen LogP contribution in [0.5, 0.6) is 0 Å². The van der Waals surface area contributed by atoms with Crippen LogP contribution < -0.4 is 8.97 Å². The van der Waals surface area contributed by atoms with Crippen molar-refractivity contribution >= 4 is 17.2 Å². The number of aromatic nitrogens is 2. The number of para-hydroxylation sites is 1. The highest BCUT2D eigenvalue weighted by molar-refractivity contribution is 5.81. The van der Waals surface area contributed by atoms with Gasteiger partial charge in [-0.1, -0.05) is 52.3 Å². The lowest BCUT2D eigenvalue weighted by Crippen LogP contribution is -2.71. The fourth-order valence-corrected chi connectivity index (χ4v) is 8.09. The summed E-state index contributed by atoms with van der Waals surface area (Å²) in [4.78, 5) is 10.2. The number of nitrogens with zero attached hydrogens (tertiary/aromatic N) is 4. The predicted octanol–water partition coefficient (Wildman–Crippen LogP) is 6.23. The summed E-state index contributed by atoms with van der Waals surface area (Å²) in [6, 6.07) is 9.84. The van der Waals surface area contributed by atoms with Gasteiger partial charge in [-0.3, -0.25) is 0 Å². The van der Waals surface area contributed by atoms with E-state index in [1.165, 1.54) is 30.0 Å². The summed E-state index contributed by atoms with van der Waals surface area (Å²) >= 11 is 0. The van der Waals surface area contributed by atoms with E-state index in [9.17, 15) is 0 Å². The molecule has 0 amide bonds. The number of rotatable bonds is 5. The Morgan fingerprint density at radius 2 is 1.81 bits per heavy atom. The maximum atomic E-state index is 5.29. The van der Waals surface area contributed by atoms with Gasteiger partial charge in [0.1, 0.15) is 18.1 Å². The zero-order valence-corrected chi connectivity index (χ0v) is 20.6. The number of likely N-dealkylation sites (N-methyl/N-ethyl adjacent to an activating group) is 1. The second-order valence-electron chi connectivity index (χ2n) is 11.0. The van der Waals surface area contributed by atoms with Crippen LogP contribution in [-0.2, 0) is 11.8 Å². The normalized spacial score (nSPS) is 39.8. The fraction of sp³-hybridized carbons (Fsp3) is 0.630. The highest BCUT2D eigenvalue weighted by Crippen LogP contribution is 2.71. The molecular formula is C27H40N4+2. The molecule has 5 rings (SSSR count). The molecule has 3 aliphatic heterocycles. The number of hydrogen-bond donors (Lipinski definition) is 0. The van der Waals surface area contributed by atoms with Gasteiger partial charge >= 0.3 is 0 Å². The van der Waals surface area contributed by atoms with E-state index in [1.54, 1.807) is 5.56 Å². The molecule has 0 N–H and O–H groups in total. The molecule has 0 radical (unpaired) electrons. The second kappa shape index (κ2) is 6.62. The fourth-order valence-electron chi connectivity index (χ4n) is 8.09. The highest BCUT2D eigenvalue weighted by atomic mass is 15.7. The van der Waals surface area contributed by atoms with Gasteiger partial charge in [0, 0.05) is 23.5 Å². The molecule has 1 fully saturated rings. The second-order valence-corrected chi connectivity index (χ2v) is 11.0. The molecule has 0 aliphatic carbocycles. The zero-order chi connectivity index (χ0) is 22.2. The Morgan fingerprint density at radius 1 is 1.06 bits per heavy atom. The van der Waals surface area contributed by atoms with Crippen molar-refractivity contribution in [3.05, 3.63) is 41.9 Å². The molecule has 4 nitrogen and oxygen atoms in total. The van der Waals surface area contributed by atoms with Gasteiger partial charge in [-0.05, 0) is 33.1 Å². The number of fused-ring (bicyclic) bond motifs is 3. The molecule has 4 heteroatoms. The number of hydrogen-bond acceptors (Lipinski definition) is 2. The monoisotopic (exact) mass is 420 g/mol. The van der Waals surface area contributed by atoms with Crippen molar-refractivity contribution in [1.82, 2.24) is 18.9 Å². The van der Waals surface area contributed by atoms with Crippen molar-refractivity contribution in [2.45, 2.75) is 91.3 Å². The molecule has 0 saturated carbocycles. The van der Waals surface area contributed by atoms with Gasteiger partial charge in [-0.2, -0.15) is 9.47 Å². The van der Waals surface area contributed by atoms with Crippen molar-refractivity contribution in [1.29, 1.82) is 0 Å². The first-order valence-electron chi connectivity index (χ1n) is 12.5. The molecular weight excluding hydrogens is 380 g/mol. The quantitative estimate of drug-likeness (QED) is 0.536. The molecule has 6 unspecified atom stereocenters. The lowest BCUT2D eigenvalue weighted by Gasteiger charge is -2.57. The molecule has 2 aromatic rings. The smallest absolute Gasteiger partial charge is 0.235 e. The highest BCUT2D eigenvalue weighted by Gasteiger charge is 2.81. The van der Waals surface area contributed by atoms with E-state index < -0.39 is 0 Å². The van der Waals surface area contributed by atoms with E-state index in [1.807, 2.05) is 0 Å². The van der Waals surface area contributed by atoms with E-state index in [-0.39, 0.29) is 10.8 Å². The van der Waals surface area contributed by atoms with E-state index >= 15 is 0 Å². The summed E-state index contributed by atoms with van der Waals surface area (Å²) < 4.78 is 1.89. The molecule has 31 heavy (non-hydrogen) atoms. The molecule has 1 aromatic carbocycles. The van der Waals surface area contributed by atoms with Gasteiger partial charge in [-0.25, -0.2) is 9.47 Å². The average molecular weight is 421 g/mol. The molecule has 2 bridgehead atoms. The Bertz CT molecular complexity index is 1030. The van der Waals surface area contributed by atoms with Crippen LogP contribution in [0.4, 0.5) is 17.2 Å². The maximum Gasteiger partial charge on any atom is 0.298 e. The Kier molecular flexibility index (Phi) is 4.50. The van der Waals surface area contributed by atoms with Crippen LogP contribution in [0, 0.1) is 5.41 Å². The lowest BCUT2D eigenvalue weighted by molar-refractivity contribution is -0.0130. The van der Waals surface area contributed by atoms with Crippen LogP contribution in [0.25, 0.3) is 0 Å². The third-order valence-electron chi connectivity index (χ3n) is 9.87. The summed E-state index contributed by atoms with van der Waals surface area (Å²) in [5, 5.41) is 0.